The molecule has 40 heteroatoms. The van der Waals surface area contributed by atoms with Crippen molar-refractivity contribution in [1.82, 2.24) is 69.8 Å². The number of hydrogen-bond acceptors (Lipinski definition) is 32. The van der Waals surface area contributed by atoms with Gasteiger partial charge in [0, 0.05) is 117 Å². The molecular weight excluding hydrogens is 1970 g/mol. The van der Waals surface area contributed by atoms with Crippen LogP contribution in [0.15, 0.2) is 238 Å². The minimum Gasteiger partial charge on any atom is -0.390 e. The highest BCUT2D eigenvalue weighted by Gasteiger charge is 2.25. The van der Waals surface area contributed by atoms with Gasteiger partial charge in [-0.25, -0.2) is 64.8 Å². The van der Waals surface area contributed by atoms with E-state index in [0.717, 1.165) is 117 Å². The molecule has 9 aromatic heterocycles. The van der Waals surface area contributed by atoms with E-state index in [1.54, 1.807) is 42.9 Å². The molecule has 0 radical (unpaired) electrons. The lowest BCUT2D eigenvalue weighted by atomic mass is 10.1. The molecule has 0 atom stereocenters. The molecule has 28 nitrogen and oxygen atoms in total. The topological polar surface area (TPSA) is 455 Å². The van der Waals surface area contributed by atoms with Gasteiger partial charge >= 0.3 is 0 Å². The number of aryl methyl sites for hydroxylation is 5. The summed E-state index contributed by atoms with van der Waals surface area (Å²) < 4.78 is 5.42. The van der Waals surface area contributed by atoms with E-state index in [1.165, 1.54) is 65.0 Å². The minimum atomic E-state index is -0.250. The molecule has 0 saturated carbocycles. The summed E-state index contributed by atoms with van der Waals surface area (Å²) in [5, 5.41) is 55.3. The van der Waals surface area contributed by atoms with Crippen LogP contribution in [0.1, 0.15) is 84.8 Å². The fourth-order valence-corrected chi connectivity index (χ4v) is 19.4. The maximum absolute atomic E-state index is 9.97. The molecule has 0 bridgehead atoms. The number of aliphatic hydroxyl groups is 5. The number of aromatic nitrogens is 14. The third kappa shape index (κ3) is 26.8. The molecule has 16 rings (SSSR count). The van der Waals surface area contributed by atoms with Gasteiger partial charge in [0.15, 0.2) is 0 Å². The third-order valence-electron chi connectivity index (χ3n) is 20.2. The predicted octanol–water partition coefficient (Wildman–Crippen LogP) is 19.9. The second-order valence-corrected chi connectivity index (χ2v) is 37.3. The van der Waals surface area contributed by atoms with E-state index in [-0.39, 0.29) is 54.8 Å². The quantitative estimate of drug-likeness (QED) is 0.0177. The maximum Gasteiger partial charge on any atom is 0.289 e. The van der Waals surface area contributed by atoms with Gasteiger partial charge < -0.3 is 74.4 Å². The number of aliphatic hydroxyl groups excluding tert-OH is 5. The number of nitrogen functional groups attached to an aromatic ring is 1. The van der Waals surface area contributed by atoms with Crippen LogP contribution in [-0.2, 0) is 70.5 Å². The Hall–Kier alpha value is -10.3. The van der Waals surface area contributed by atoms with Gasteiger partial charge in [0.2, 0.25) is 0 Å². The number of halogens is 7. The number of rotatable bonds is 26. The van der Waals surface area contributed by atoms with E-state index in [9.17, 15) is 25.5 Å². The van der Waals surface area contributed by atoms with E-state index < -0.39 is 0 Å². The second kappa shape index (κ2) is 50.9. The van der Waals surface area contributed by atoms with Gasteiger partial charge in [0.05, 0.1) is 162 Å². The zero-order chi connectivity index (χ0) is 97.2. The number of ether oxygens (including phenoxy) is 1. The van der Waals surface area contributed by atoms with Crippen LogP contribution in [0, 0.1) is 41.2 Å². The van der Waals surface area contributed by atoms with Crippen LogP contribution in [0.5, 0.6) is 0 Å². The van der Waals surface area contributed by atoms with Gasteiger partial charge in [-0.05, 0) is 129 Å². The van der Waals surface area contributed by atoms with Crippen LogP contribution in [0.25, 0.3) is 61.1 Å². The summed E-state index contributed by atoms with van der Waals surface area (Å²) in [6.07, 6.45) is 6.45. The SMILES string of the molecule is Cc1nc(-c2cccc(CN)c2)c(CO)nc1Sc1cccc(Cl)c1Cl.Cc1nc(-c2cccc(CN)c2)c(CO)nc1Sc1ccnc(Cl)c1Cl.Cc1nc(-c2cccc(CN)c2)c(CO)nc1Sc1ccnc(N)c1Cl.Cc1nc(-c2cccc(CN)c2)c(CO)nc1Sc1ccnc(N2CCOCC2)c1Cl.[C-]#[N+]c1nccc(Sc2nc(CO)c(-c3cccc(CN)c3)nc2C)c1Cl. The van der Waals surface area contributed by atoms with Crippen molar-refractivity contribution in [3.8, 4) is 56.3 Å². The molecule has 1 aliphatic rings. The van der Waals surface area contributed by atoms with Gasteiger partial charge in [-0.15, -0.1) is 4.98 Å². The molecule has 0 aliphatic carbocycles. The first kappa shape index (κ1) is 105. The van der Waals surface area contributed by atoms with Crippen molar-refractivity contribution in [2.24, 2.45) is 28.7 Å². The van der Waals surface area contributed by atoms with Crippen molar-refractivity contribution in [2.75, 3.05) is 36.9 Å². The van der Waals surface area contributed by atoms with Gasteiger partial charge in [0.25, 0.3) is 5.82 Å². The van der Waals surface area contributed by atoms with Crippen LogP contribution in [0.4, 0.5) is 17.5 Å². The highest BCUT2D eigenvalue weighted by Crippen LogP contribution is 2.45. The van der Waals surface area contributed by atoms with Crippen molar-refractivity contribution in [1.29, 1.82) is 0 Å². The first-order chi connectivity index (χ1) is 65.8. The molecule has 1 saturated heterocycles. The fraction of sp³-hybridized carbons (Fsp3) is 0.198. The van der Waals surface area contributed by atoms with Gasteiger partial charge in [-0.3, -0.25) is 0 Å². The van der Waals surface area contributed by atoms with Crippen molar-refractivity contribution >= 4 is 157 Å². The Balaban J connectivity index is 0.000000153. The summed E-state index contributed by atoms with van der Waals surface area (Å²) in [6.45, 7) is 20.3. The van der Waals surface area contributed by atoms with Crippen LogP contribution in [0.3, 0.4) is 0 Å². The molecule has 700 valence electrons. The average molecular weight is 2060 g/mol. The Bertz CT molecular complexity index is 6460. The number of nitrogens with two attached hydrogens (primary N) is 6. The summed E-state index contributed by atoms with van der Waals surface area (Å²) in [6, 6.07) is 51.3. The number of nitrogens with zero attached hydrogens (tertiary/aromatic N) is 16. The number of benzene rings is 6. The first-order valence-electron chi connectivity index (χ1n) is 41.7. The maximum atomic E-state index is 9.97. The van der Waals surface area contributed by atoms with Crippen LogP contribution in [0.2, 0.25) is 35.3 Å². The largest absolute Gasteiger partial charge is 0.390 e. The molecule has 17 N–H and O–H groups in total. The second-order valence-electron chi connectivity index (χ2n) is 29.4. The van der Waals surface area contributed by atoms with Gasteiger partial charge in [0.1, 0.15) is 48.1 Å². The Morgan fingerprint density at radius 3 is 0.956 bits per heavy atom. The molecule has 10 heterocycles. The van der Waals surface area contributed by atoms with Crippen LogP contribution < -0.4 is 39.3 Å². The Morgan fingerprint density at radius 2 is 0.632 bits per heavy atom. The Labute approximate surface area is 842 Å². The van der Waals surface area contributed by atoms with Crippen LogP contribution >= 0.6 is 140 Å². The monoisotopic (exact) mass is 2050 g/mol. The third-order valence-corrected chi connectivity index (χ3v) is 29.1. The number of pyridine rings is 4. The molecule has 6 aromatic carbocycles. The number of morpholine rings is 1. The lowest BCUT2D eigenvalue weighted by molar-refractivity contribution is 0.122. The summed E-state index contributed by atoms with van der Waals surface area (Å²) in [4.78, 5) is 72.0. The molecule has 0 spiro atoms. The zero-order valence-electron chi connectivity index (χ0n) is 73.7. The number of hydrogen-bond donors (Lipinski definition) is 11. The van der Waals surface area contributed by atoms with Crippen molar-refractivity contribution in [2.45, 2.75) is 150 Å². The molecule has 1 aliphatic heterocycles. The van der Waals surface area contributed by atoms with E-state index in [1.807, 2.05) is 174 Å². The minimum absolute atomic E-state index is 0.143. The summed E-state index contributed by atoms with van der Waals surface area (Å²) in [5.41, 5.74) is 53.1. The summed E-state index contributed by atoms with van der Waals surface area (Å²) >= 11 is 50.4. The fourth-order valence-electron chi connectivity index (χ4n) is 13.2. The smallest absolute Gasteiger partial charge is 0.289 e. The molecule has 136 heavy (non-hydrogen) atoms. The van der Waals surface area contributed by atoms with Crippen LogP contribution in [-0.4, -0.2) is 122 Å². The van der Waals surface area contributed by atoms with Gasteiger partial charge in [-0.2, -0.15) is 0 Å². The summed E-state index contributed by atoms with van der Waals surface area (Å²) in [7, 11) is 0. The molecule has 0 amide bonds. The number of anilines is 2. The van der Waals surface area contributed by atoms with Crippen molar-refractivity contribution in [3.63, 3.8) is 0 Å². The highest BCUT2D eigenvalue weighted by molar-refractivity contribution is 8.00. The van der Waals surface area contributed by atoms with E-state index in [4.69, 9.17) is 137 Å². The van der Waals surface area contributed by atoms with Crippen molar-refractivity contribution in [3.05, 3.63) is 320 Å². The zero-order valence-corrected chi connectivity index (χ0v) is 83.1. The van der Waals surface area contributed by atoms with E-state index in [0.29, 0.717) is 164 Å². The molecule has 0 unspecified atom stereocenters. The Morgan fingerprint density at radius 1 is 0.346 bits per heavy atom. The predicted molar refractivity (Wildman–Crippen MR) is 543 cm³/mol. The normalized spacial score (nSPS) is 11.6. The Kier molecular flexibility index (Phi) is 39.2. The standard InChI is InChI=1S/C22H24ClN5O2S.C19H17Cl2N3OS.C19H16ClN5OS.C18H16Cl2N4OS.C18H18ClN5OS/c1-14-22(27-17(13-29)20(26-14)16-4-2-3-15(11-16)12-24)31-18-5-6-25-21(19(18)23)28-7-9-30-10-8-28;1-11-19(26-16-7-3-6-14(20)17(16)21)24-15(10-25)18(23-11)13-5-2-4-12(8-13)9-22;1-11-19(27-15-6-7-23-18(22-2)16(15)20)25-14(10-26)17(24-11)13-5-3-4-12(8-13)9-21;1-10-18(26-14-5-6-22-17(20)15(14)19)24-13(9-25)16(23-10)12-4-2-3-11(7-12)8-21;1-10-18(26-14-5-6-22-17(21)15(14)19)24-13(9-25)16(23-10)12-4-2-3-11(7-12)8-20/h2-6,11,29H,7-10,12-13,24H2,1H3;2-8,25H,9-10,22H2,1H3;3-8,26H,9-10,21H2,1H3;2-7,25H,8-9,21H2,1H3;2-7,25H,8-9,20H2,1H3,(H2,21,22). The lowest BCUT2D eigenvalue weighted by Crippen LogP contribution is -2.37. The summed E-state index contributed by atoms with van der Waals surface area (Å²) in [5.74, 6) is 1.16. The van der Waals surface area contributed by atoms with E-state index in [2.05, 4.69) is 69.6 Å². The van der Waals surface area contributed by atoms with Gasteiger partial charge in [-0.1, -0.05) is 244 Å². The first-order valence-corrected chi connectivity index (χ1v) is 48.4. The average Bonchev–Trinajstić information content (AvgIpc) is 0.835. The van der Waals surface area contributed by atoms with Crippen molar-refractivity contribution < 1.29 is 30.3 Å². The highest BCUT2D eigenvalue weighted by atomic mass is 35.5. The molecule has 15 aromatic rings. The molecule has 1 fully saturated rings. The van der Waals surface area contributed by atoms with E-state index >= 15 is 0 Å². The lowest BCUT2D eigenvalue weighted by Gasteiger charge is -2.28. The molecular formula is C96H91Cl7N22O6S5.